The van der Waals surface area contributed by atoms with Gasteiger partial charge in [-0.2, -0.15) is 0 Å². The summed E-state index contributed by atoms with van der Waals surface area (Å²) in [6, 6.07) is 13.8. The van der Waals surface area contributed by atoms with Gasteiger partial charge < -0.3 is 24.1 Å². The largest absolute Gasteiger partial charge is 0.459 e. The van der Waals surface area contributed by atoms with E-state index in [-0.39, 0.29) is 29.9 Å². The molecule has 0 saturated carbocycles. The molecule has 1 amide bonds. The molecule has 1 aromatic carbocycles. The first-order valence-corrected chi connectivity index (χ1v) is 10.6. The number of hydrogen-bond acceptors (Lipinski definition) is 4. The monoisotopic (exact) mass is 548 g/mol. The van der Waals surface area contributed by atoms with E-state index in [4.69, 9.17) is 9.41 Å². The molecule has 0 unspecified atom stereocenters. The summed E-state index contributed by atoms with van der Waals surface area (Å²) in [7, 11) is 0. The number of carbonyl (C=O) groups excluding carboxylic acids is 1. The summed E-state index contributed by atoms with van der Waals surface area (Å²) in [5.74, 6) is 2.10. The van der Waals surface area contributed by atoms with Gasteiger partial charge in [0.05, 0.1) is 6.26 Å². The minimum Gasteiger partial charge on any atom is -0.459 e. The fourth-order valence-electron chi connectivity index (χ4n) is 3.66. The molecular formula is C23H29IN6O2. The smallest absolute Gasteiger partial charge is 0.289 e. The predicted octanol–water partition coefficient (Wildman–Crippen LogP) is 3.07. The highest BCUT2D eigenvalue weighted by Crippen LogP contribution is 2.11. The number of guanidine groups is 1. The molecule has 1 saturated heterocycles. The van der Waals surface area contributed by atoms with Crippen molar-refractivity contribution in [2.45, 2.75) is 20.0 Å². The molecule has 1 aliphatic rings. The quantitative estimate of drug-likeness (QED) is 0.291. The Hall–Kier alpha value is -2.82. The van der Waals surface area contributed by atoms with Gasteiger partial charge in [-0.3, -0.25) is 4.79 Å². The summed E-state index contributed by atoms with van der Waals surface area (Å²) in [5.41, 5.74) is 1.23. The molecule has 8 nitrogen and oxygen atoms in total. The molecule has 9 heteroatoms. The number of benzene rings is 1. The van der Waals surface area contributed by atoms with E-state index < -0.39 is 0 Å². The molecular weight excluding hydrogens is 519 g/mol. The zero-order valence-electron chi connectivity index (χ0n) is 18.2. The lowest BCUT2D eigenvalue weighted by Crippen LogP contribution is -2.53. The van der Waals surface area contributed by atoms with E-state index in [9.17, 15) is 4.79 Å². The zero-order chi connectivity index (χ0) is 21.5. The number of aliphatic imine (C=N–C) groups is 1. The van der Waals surface area contributed by atoms with Crippen molar-refractivity contribution < 1.29 is 9.21 Å². The van der Waals surface area contributed by atoms with E-state index >= 15 is 0 Å². The van der Waals surface area contributed by atoms with Crippen LogP contribution < -0.4 is 5.32 Å². The second kappa shape index (κ2) is 11.7. The number of furan rings is 1. The first kappa shape index (κ1) is 23.8. The van der Waals surface area contributed by atoms with Crippen LogP contribution in [0.15, 0.2) is 70.5 Å². The summed E-state index contributed by atoms with van der Waals surface area (Å²) >= 11 is 0. The Labute approximate surface area is 205 Å². The Bertz CT molecular complexity index is 995. The highest BCUT2D eigenvalue weighted by Gasteiger charge is 2.25. The summed E-state index contributed by atoms with van der Waals surface area (Å²) in [6.45, 7) is 6.81. The number of aromatic nitrogens is 2. The van der Waals surface area contributed by atoms with Crippen LogP contribution in [0.3, 0.4) is 0 Å². The number of halogens is 1. The number of rotatable bonds is 6. The maximum Gasteiger partial charge on any atom is 0.289 e. The minimum absolute atomic E-state index is 0. The molecule has 4 rings (SSSR count). The van der Waals surface area contributed by atoms with Gasteiger partial charge in [0, 0.05) is 51.7 Å². The van der Waals surface area contributed by atoms with Crippen LogP contribution in [0.1, 0.15) is 28.9 Å². The standard InChI is InChI=1S/C23H28N6O2.HI/c1-2-24-23(28-14-12-27(13-15-28)22(30)20-9-6-16-31-20)26-17-21-25-10-11-29(21)18-19-7-4-3-5-8-19;/h3-11,16H,2,12-15,17-18H2,1H3,(H,24,26);1H. The van der Waals surface area contributed by atoms with Gasteiger partial charge in [0.15, 0.2) is 11.7 Å². The van der Waals surface area contributed by atoms with Crippen molar-refractivity contribution in [1.82, 2.24) is 24.7 Å². The number of carbonyl (C=O) groups is 1. The van der Waals surface area contributed by atoms with E-state index in [1.165, 1.54) is 11.8 Å². The highest BCUT2D eigenvalue weighted by atomic mass is 127. The minimum atomic E-state index is -0.0606. The van der Waals surface area contributed by atoms with Gasteiger partial charge in [-0.1, -0.05) is 30.3 Å². The molecule has 1 aliphatic heterocycles. The molecule has 0 aliphatic carbocycles. The molecule has 0 radical (unpaired) electrons. The predicted molar refractivity (Wildman–Crippen MR) is 134 cm³/mol. The first-order chi connectivity index (χ1) is 15.2. The lowest BCUT2D eigenvalue weighted by atomic mass is 10.2. The van der Waals surface area contributed by atoms with Gasteiger partial charge in [-0.25, -0.2) is 9.98 Å². The van der Waals surface area contributed by atoms with Crippen LogP contribution in [0.25, 0.3) is 0 Å². The first-order valence-electron chi connectivity index (χ1n) is 10.6. The van der Waals surface area contributed by atoms with Gasteiger partial charge in [0.1, 0.15) is 12.4 Å². The maximum absolute atomic E-state index is 12.5. The van der Waals surface area contributed by atoms with Crippen LogP contribution in [0.2, 0.25) is 0 Å². The fourth-order valence-corrected chi connectivity index (χ4v) is 3.66. The number of nitrogens with zero attached hydrogens (tertiary/aromatic N) is 5. The van der Waals surface area contributed by atoms with Crippen molar-refractivity contribution in [3.63, 3.8) is 0 Å². The summed E-state index contributed by atoms with van der Waals surface area (Å²) in [4.78, 5) is 25.8. The summed E-state index contributed by atoms with van der Waals surface area (Å²) < 4.78 is 7.37. The Morgan fingerprint density at radius 3 is 2.53 bits per heavy atom. The van der Waals surface area contributed by atoms with Crippen molar-refractivity contribution >= 4 is 35.8 Å². The fraction of sp³-hybridized carbons (Fsp3) is 0.348. The van der Waals surface area contributed by atoms with Gasteiger partial charge >= 0.3 is 0 Å². The molecule has 0 atom stereocenters. The number of hydrogen-bond donors (Lipinski definition) is 1. The van der Waals surface area contributed by atoms with E-state index in [0.717, 1.165) is 38.0 Å². The third-order valence-corrected chi connectivity index (χ3v) is 5.30. The second-order valence-corrected chi connectivity index (χ2v) is 7.38. The van der Waals surface area contributed by atoms with Crippen LogP contribution in [-0.4, -0.2) is 63.9 Å². The molecule has 3 aromatic rings. The van der Waals surface area contributed by atoms with Crippen molar-refractivity contribution in [2.75, 3.05) is 32.7 Å². The van der Waals surface area contributed by atoms with E-state index in [1.807, 2.05) is 35.5 Å². The molecule has 0 spiro atoms. The zero-order valence-corrected chi connectivity index (χ0v) is 20.5. The third kappa shape index (κ3) is 5.90. The lowest BCUT2D eigenvalue weighted by molar-refractivity contribution is 0.0657. The van der Waals surface area contributed by atoms with Gasteiger partial charge in [0.25, 0.3) is 5.91 Å². The van der Waals surface area contributed by atoms with E-state index in [0.29, 0.717) is 25.4 Å². The topological polar surface area (TPSA) is 78.9 Å². The van der Waals surface area contributed by atoms with Gasteiger partial charge in [-0.15, -0.1) is 24.0 Å². The molecule has 1 N–H and O–H groups in total. The van der Waals surface area contributed by atoms with Crippen LogP contribution in [0, 0.1) is 0 Å². The van der Waals surface area contributed by atoms with Crippen LogP contribution in [0.4, 0.5) is 0 Å². The molecule has 2 aromatic heterocycles. The van der Waals surface area contributed by atoms with E-state index in [1.54, 1.807) is 12.1 Å². The molecule has 170 valence electrons. The number of imidazole rings is 1. The average molecular weight is 548 g/mol. The molecule has 3 heterocycles. The summed E-state index contributed by atoms with van der Waals surface area (Å²) in [6.07, 6.45) is 5.34. The Balaban J connectivity index is 0.00000289. The molecule has 0 bridgehead atoms. The van der Waals surface area contributed by atoms with Crippen molar-refractivity contribution in [1.29, 1.82) is 0 Å². The van der Waals surface area contributed by atoms with Crippen molar-refractivity contribution in [2.24, 2.45) is 4.99 Å². The van der Waals surface area contributed by atoms with Crippen molar-refractivity contribution in [3.8, 4) is 0 Å². The van der Waals surface area contributed by atoms with E-state index in [2.05, 4.69) is 38.8 Å². The van der Waals surface area contributed by atoms with Crippen LogP contribution in [-0.2, 0) is 13.1 Å². The normalized spacial score (nSPS) is 14.2. The highest BCUT2D eigenvalue weighted by molar-refractivity contribution is 14.0. The SMILES string of the molecule is CCNC(=NCc1nccn1Cc1ccccc1)N1CCN(C(=O)c2ccco2)CC1.I. The second-order valence-electron chi connectivity index (χ2n) is 7.38. The maximum atomic E-state index is 12.5. The Morgan fingerprint density at radius 2 is 1.84 bits per heavy atom. The Morgan fingerprint density at radius 1 is 1.09 bits per heavy atom. The molecule has 1 fully saturated rings. The lowest BCUT2D eigenvalue weighted by Gasteiger charge is -2.36. The van der Waals surface area contributed by atoms with Gasteiger partial charge in [0.2, 0.25) is 0 Å². The number of nitrogens with one attached hydrogen (secondary N) is 1. The van der Waals surface area contributed by atoms with Gasteiger partial charge in [-0.05, 0) is 24.6 Å². The van der Waals surface area contributed by atoms with Crippen LogP contribution >= 0.6 is 24.0 Å². The molecule has 32 heavy (non-hydrogen) atoms. The Kier molecular flexibility index (Phi) is 8.72. The van der Waals surface area contributed by atoms with Crippen molar-refractivity contribution in [3.05, 3.63) is 78.3 Å². The number of piperazine rings is 1. The average Bonchev–Trinajstić information content (AvgIpc) is 3.50. The van der Waals surface area contributed by atoms with Crippen LogP contribution in [0.5, 0.6) is 0 Å². The third-order valence-electron chi connectivity index (χ3n) is 5.30. The number of amides is 1. The summed E-state index contributed by atoms with van der Waals surface area (Å²) in [5, 5.41) is 3.37.